The van der Waals surface area contributed by atoms with Gasteiger partial charge in [-0.2, -0.15) is 0 Å². The van der Waals surface area contributed by atoms with Crippen LogP contribution in [-0.4, -0.2) is 40.1 Å². The van der Waals surface area contributed by atoms with E-state index in [1.807, 2.05) is 36.4 Å². The van der Waals surface area contributed by atoms with E-state index in [0.717, 1.165) is 16.7 Å². The lowest BCUT2D eigenvalue weighted by atomic mass is 9.97. The highest BCUT2D eigenvalue weighted by atomic mass is 16.4. The molecule has 1 aromatic heterocycles. The number of fused-ring (bicyclic) bond motifs is 1. The van der Waals surface area contributed by atoms with Crippen molar-refractivity contribution in [3.05, 3.63) is 48.5 Å². The van der Waals surface area contributed by atoms with Gasteiger partial charge in [0.2, 0.25) is 5.89 Å². The van der Waals surface area contributed by atoms with Crippen molar-refractivity contribution in [1.82, 2.24) is 9.88 Å². The number of amides is 2. The zero-order valence-corrected chi connectivity index (χ0v) is 14.6. The molecule has 0 spiro atoms. The van der Waals surface area contributed by atoms with E-state index in [9.17, 15) is 9.59 Å². The third-order valence-corrected chi connectivity index (χ3v) is 4.81. The molecular formula is C20H19N3O4. The fourth-order valence-electron chi connectivity index (χ4n) is 3.22. The molecule has 2 N–H and O–H groups in total. The molecule has 0 saturated carbocycles. The number of piperidine rings is 1. The van der Waals surface area contributed by atoms with Crippen molar-refractivity contribution in [2.24, 2.45) is 5.92 Å². The maximum Gasteiger partial charge on any atom is 0.321 e. The van der Waals surface area contributed by atoms with E-state index >= 15 is 0 Å². The summed E-state index contributed by atoms with van der Waals surface area (Å²) < 4.78 is 5.74. The van der Waals surface area contributed by atoms with Crippen molar-refractivity contribution in [3.8, 4) is 11.5 Å². The van der Waals surface area contributed by atoms with Crippen LogP contribution >= 0.6 is 0 Å². The van der Waals surface area contributed by atoms with E-state index in [4.69, 9.17) is 9.52 Å². The molecule has 1 aliphatic heterocycles. The van der Waals surface area contributed by atoms with E-state index in [-0.39, 0.29) is 11.9 Å². The highest BCUT2D eigenvalue weighted by Gasteiger charge is 2.26. The van der Waals surface area contributed by atoms with Crippen molar-refractivity contribution < 1.29 is 19.1 Å². The Bertz CT molecular complexity index is 939. The summed E-state index contributed by atoms with van der Waals surface area (Å²) in [4.78, 5) is 29.5. The third kappa shape index (κ3) is 3.62. The molecule has 3 aromatic rings. The number of nitrogens with one attached hydrogen (secondary N) is 1. The van der Waals surface area contributed by atoms with Gasteiger partial charge in [0.1, 0.15) is 5.52 Å². The van der Waals surface area contributed by atoms with Crippen LogP contribution in [-0.2, 0) is 4.79 Å². The molecule has 27 heavy (non-hydrogen) atoms. The van der Waals surface area contributed by atoms with Crippen LogP contribution < -0.4 is 5.32 Å². The molecule has 2 aromatic carbocycles. The minimum absolute atomic E-state index is 0.214. The van der Waals surface area contributed by atoms with Gasteiger partial charge in [-0.05, 0) is 49.2 Å². The average molecular weight is 365 g/mol. The highest BCUT2D eigenvalue weighted by Crippen LogP contribution is 2.25. The summed E-state index contributed by atoms with van der Waals surface area (Å²) in [6.45, 7) is 0.896. The number of anilines is 1. The molecular weight excluding hydrogens is 346 g/mol. The Morgan fingerprint density at radius 1 is 1.07 bits per heavy atom. The Balaban J connectivity index is 1.40. The van der Waals surface area contributed by atoms with E-state index in [1.54, 1.807) is 17.0 Å². The minimum Gasteiger partial charge on any atom is -0.481 e. The molecule has 138 valence electrons. The smallest absolute Gasteiger partial charge is 0.321 e. The van der Waals surface area contributed by atoms with Crippen LogP contribution in [0.5, 0.6) is 0 Å². The maximum absolute atomic E-state index is 12.4. The summed E-state index contributed by atoms with van der Waals surface area (Å²) in [5.41, 5.74) is 3.02. The predicted octanol–water partition coefficient (Wildman–Crippen LogP) is 3.82. The molecule has 0 bridgehead atoms. The van der Waals surface area contributed by atoms with Crippen LogP contribution in [0, 0.1) is 5.92 Å². The van der Waals surface area contributed by atoms with Crippen molar-refractivity contribution in [2.75, 3.05) is 18.4 Å². The standard InChI is InChI=1S/C20H19N3O4/c24-19(25)14-9-11-23(12-10-14)20(26)21-15-7-5-13(6-8-15)18-22-16-3-1-2-4-17(16)27-18/h1-8,14H,9-12H2,(H,21,26)(H,24,25). The quantitative estimate of drug-likeness (QED) is 0.735. The van der Waals surface area contributed by atoms with Gasteiger partial charge in [0, 0.05) is 24.3 Å². The van der Waals surface area contributed by atoms with E-state index in [1.165, 1.54) is 0 Å². The van der Waals surface area contributed by atoms with Gasteiger partial charge in [-0.1, -0.05) is 12.1 Å². The third-order valence-electron chi connectivity index (χ3n) is 4.81. The number of nitrogens with zero attached hydrogens (tertiary/aromatic N) is 2. The molecule has 7 heteroatoms. The topological polar surface area (TPSA) is 95.7 Å². The number of aliphatic carboxylic acids is 1. The Hall–Kier alpha value is -3.35. The summed E-state index contributed by atoms with van der Waals surface area (Å²) in [5.74, 6) is -0.612. The van der Waals surface area contributed by atoms with Gasteiger partial charge < -0.3 is 19.7 Å². The summed E-state index contributed by atoms with van der Waals surface area (Å²) in [5, 5.41) is 11.9. The second-order valence-corrected chi connectivity index (χ2v) is 6.59. The fraction of sp³-hybridized carbons (Fsp3) is 0.250. The summed E-state index contributed by atoms with van der Waals surface area (Å²) in [7, 11) is 0. The molecule has 7 nitrogen and oxygen atoms in total. The number of urea groups is 1. The van der Waals surface area contributed by atoms with Crippen LogP contribution in [0.25, 0.3) is 22.6 Å². The first kappa shape index (κ1) is 17.1. The van der Waals surface area contributed by atoms with Gasteiger partial charge in [-0.3, -0.25) is 4.79 Å². The Morgan fingerprint density at radius 2 is 1.78 bits per heavy atom. The maximum atomic E-state index is 12.4. The summed E-state index contributed by atoms with van der Waals surface area (Å²) in [6.07, 6.45) is 0.971. The molecule has 1 aliphatic rings. The van der Waals surface area contributed by atoms with Crippen molar-refractivity contribution in [1.29, 1.82) is 0 Å². The Kier molecular flexibility index (Phi) is 4.50. The normalized spacial score (nSPS) is 15.0. The van der Waals surface area contributed by atoms with Crippen molar-refractivity contribution >= 4 is 28.8 Å². The number of carbonyl (C=O) groups excluding carboxylic acids is 1. The summed E-state index contributed by atoms with van der Waals surface area (Å²) in [6, 6.07) is 14.6. The first-order valence-electron chi connectivity index (χ1n) is 8.85. The number of aromatic nitrogens is 1. The first-order valence-corrected chi connectivity index (χ1v) is 8.85. The molecule has 1 saturated heterocycles. The number of benzene rings is 2. The first-order chi connectivity index (χ1) is 13.1. The number of carboxylic acids is 1. The predicted molar refractivity (Wildman–Crippen MR) is 100 cm³/mol. The van der Waals surface area contributed by atoms with Crippen LogP contribution in [0.15, 0.2) is 52.9 Å². The molecule has 1 fully saturated rings. The van der Waals surface area contributed by atoms with Crippen LogP contribution in [0.2, 0.25) is 0 Å². The fourth-order valence-corrected chi connectivity index (χ4v) is 3.22. The number of likely N-dealkylation sites (tertiary alicyclic amines) is 1. The van der Waals surface area contributed by atoms with E-state index in [2.05, 4.69) is 10.3 Å². The number of rotatable bonds is 3. The van der Waals surface area contributed by atoms with Gasteiger partial charge in [0.15, 0.2) is 5.58 Å². The van der Waals surface area contributed by atoms with Gasteiger partial charge in [0.05, 0.1) is 5.92 Å². The lowest BCUT2D eigenvalue weighted by Crippen LogP contribution is -2.42. The number of oxazole rings is 1. The number of para-hydroxylation sites is 2. The van der Waals surface area contributed by atoms with E-state index < -0.39 is 5.97 Å². The molecule has 4 rings (SSSR count). The second-order valence-electron chi connectivity index (χ2n) is 6.59. The Labute approximate surface area is 155 Å². The molecule has 0 unspecified atom stereocenters. The number of hydrogen-bond donors (Lipinski definition) is 2. The van der Waals surface area contributed by atoms with Crippen LogP contribution in [0.3, 0.4) is 0 Å². The van der Waals surface area contributed by atoms with Gasteiger partial charge in [-0.25, -0.2) is 9.78 Å². The molecule has 2 heterocycles. The second kappa shape index (κ2) is 7.11. The van der Waals surface area contributed by atoms with Crippen molar-refractivity contribution in [3.63, 3.8) is 0 Å². The molecule has 0 atom stereocenters. The van der Waals surface area contributed by atoms with Crippen LogP contribution in [0.1, 0.15) is 12.8 Å². The Morgan fingerprint density at radius 3 is 2.44 bits per heavy atom. The van der Waals surface area contributed by atoms with Gasteiger partial charge >= 0.3 is 12.0 Å². The molecule has 2 amide bonds. The molecule has 0 aliphatic carbocycles. The van der Waals surface area contributed by atoms with Crippen molar-refractivity contribution in [2.45, 2.75) is 12.8 Å². The highest BCUT2D eigenvalue weighted by molar-refractivity contribution is 5.90. The lowest BCUT2D eigenvalue weighted by Gasteiger charge is -2.30. The van der Waals surface area contributed by atoms with E-state index in [0.29, 0.717) is 37.5 Å². The zero-order chi connectivity index (χ0) is 18.8. The van der Waals surface area contributed by atoms with Crippen LogP contribution in [0.4, 0.5) is 10.5 Å². The molecule has 0 radical (unpaired) electrons. The van der Waals surface area contributed by atoms with Gasteiger partial charge in [0.25, 0.3) is 0 Å². The SMILES string of the molecule is O=C(O)C1CCN(C(=O)Nc2ccc(-c3nc4ccccc4o3)cc2)CC1. The number of carbonyl (C=O) groups is 2. The average Bonchev–Trinajstić information content (AvgIpc) is 3.13. The number of hydrogen-bond acceptors (Lipinski definition) is 4. The summed E-state index contributed by atoms with van der Waals surface area (Å²) >= 11 is 0. The van der Waals surface area contributed by atoms with Gasteiger partial charge in [-0.15, -0.1) is 0 Å². The lowest BCUT2D eigenvalue weighted by molar-refractivity contribution is -0.143. The number of carboxylic acid groups (broad SMARTS) is 1. The zero-order valence-electron chi connectivity index (χ0n) is 14.6. The minimum atomic E-state index is -0.787. The largest absolute Gasteiger partial charge is 0.481 e. The monoisotopic (exact) mass is 365 g/mol.